The second-order valence-electron chi connectivity index (χ2n) is 8.33. The van der Waals surface area contributed by atoms with E-state index in [2.05, 4.69) is 43.4 Å². The molecule has 0 amide bonds. The maximum atomic E-state index is 13.8. The SMILES string of the molecule is C=CCOc1c(Br)cc(C=c2sc3n(c2=O)C(c2ccc4c(c2)OCO4)C(C(=O)OCC)=C(C)N=3)cc1Br. The van der Waals surface area contributed by atoms with E-state index in [4.69, 9.17) is 18.9 Å². The molecule has 1 aromatic heterocycles. The van der Waals surface area contributed by atoms with Gasteiger partial charge >= 0.3 is 5.97 Å². The molecule has 8 nitrogen and oxygen atoms in total. The zero-order chi connectivity index (χ0) is 27.0. The predicted octanol–water partition coefficient (Wildman–Crippen LogP) is 4.62. The average Bonchev–Trinajstić information content (AvgIpc) is 3.46. The monoisotopic (exact) mass is 660 g/mol. The van der Waals surface area contributed by atoms with Crippen LogP contribution in [0, 0.1) is 0 Å². The largest absolute Gasteiger partial charge is 0.487 e. The maximum absolute atomic E-state index is 13.8. The van der Waals surface area contributed by atoms with Crippen molar-refractivity contribution in [1.82, 2.24) is 4.57 Å². The first-order chi connectivity index (χ1) is 18.3. The fourth-order valence-electron chi connectivity index (χ4n) is 4.28. The molecule has 3 aromatic rings. The zero-order valence-corrected chi connectivity index (χ0v) is 24.4. The van der Waals surface area contributed by atoms with Crippen molar-refractivity contribution in [3.8, 4) is 17.2 Å². The number of aromatic nitrogens is 1. The molecule has 0 radical (unpaired) electrons. The fourth-order valence-corrected chi connectivity index (χ4v) is 6.78. The summed E-state index contributed by atoms with van der Waals surface area (Å²) < 4.78 is 25.5. The second-order valence-corrected chi connectivity index (χ2v) is 11.0. The van der Waals surface area contributed by atoms with Gasteiger partial charge in [0.2, 0.25) is 6.79 Å². The molecule has 1 atom stereocenters. The summed E-state index contributed by atoms with van der Waals surface area (Å²) in [6, 6.07) is 8.38. The summed E-state index contributed by atoms with van der Waals surface area (Å²) in [5, 5.41) is 0. The third-order valence-corrected chi connectivity index (χ3v) is 8.05. The summed E-state index contributed by atoms with van der Waals surface area (Å²) in [6.45, 7) is 7.83. The Morgan fingerprint density at radius 3 is 2.68 bits per heavy atom. The van der Waals surface area contributed by atoms with E-state index >= 15 is 0 Å². The highest BCUT2D eigenvalue weighted by Gasteiger charge is 2.34. The Kier molecular flexibility index (Phi) is 7.60. The third-order valence-electron chi connectivity index (χ3n) is 5.89. The topological polar surface area (TPSA) is 88.3 Å². The van der Waals surface area contributed by atoms with Gasteiger partial charge in [0.15, 0.2) is 16.3 Å². The summed E-state index contributed by atoms with van der Waals surface area (Å²) >= 11 is 8.33. The van der Waals surface area contributed by atoms with Gasteiger partial charge in [-0.05, 0) is 87.2 Å². The number of fused-ring (bicyclic) bond motifs is 2. The molecule has 0 aliphatic carbocycles. The van der Waals surface area contributed by atoms with E-state index in [1.807, 2.05) is 18.2 Å². The normalized spacial score (nSPS) is 16.2. The Hall–Kier alpha value is -3.15. The van der Waals surface area contributed by atoms with Gasteiger partial charge in [-0.15, -0.1) is 0 Å². The summed E-state index contributed by atoms with van der Waals surface area (Å²) in [7, 11) is 0. The Morgan fingerprint density at radius 1 is 1.24 bits per heavy atom. The molecule has 38 heavy (non-hydrogen) atoms. The van der Waals surface area contributed by atoms with Crippen LogP contribution in [0.3, 0.4) is 0 Å². The lowest BCUT2D eigenvalue weighted by Crippen LogP contribution is -2.39. The van der Waals surface area contributed by atoms with Crippen LogP contribution in [0.4, 0.5) is 0 Å². The number of benzene rings is 2. The molecule has 0 bridgehead atoms. The van der Waals surface area contributed by atoms with E-state index in [0.29, 0.717) is 50.0 Å². The molecule has 0 saturated carbocycles. The van der Waals surface area contributed by atoms with Gasteiger partial charge in [-0.2, -0.15) is 0 Å². The minimum Gasteiger partial charge on any atom is -0.487 e. The molecule has 2 aliphatic heterocycles. The number of hydrogen-bond donors (Lipinski definition) is 0. The fraction of sp³-hybridized carbons (Fsp3) is 0.222. The van der Waals surface area contributed by atoms with Crippen molar-refractivity contribution < 1.29 is 23.7 Å². The van der Waals surface area contributed by atoms with Crippen molar-refractivity contribution in [2.75, 3.05) is 20.0 Å². The van der Waals surface area contributed by atoms with Crippen molar-refractivity contribution in [1.29, 1.82) is 0 Å². The van der Waals surface area contributed by atoms with Crippen molar-refractivity contribution in [2.24, 2.45) is 4.99 Å². The van der Waals surface area contributed by atoms with E-state index in [1.54, 1.807) is 42.7 Å². The number of carbonyl (C=O) groups is 1. The van der Waals surface area contributed by atoms with Crippen LogP contribution in [0.2, 0.25) is 0 Å². The van der Waals surface area contributed by atoms with Crippen LogP contribution in [-0.2, 0) is 9.53 Å². The minimum atomic E-state index is -0.741. The first-order valence-corrected chi connectivity index (χ1v) is 14.0. The molecular formula is C27H22Br2N2O6S. The van der Waals surface area contributed by atoms with Crippen molar-refractivity contribution >= 4 is 55.2 Å². The highest BCUT2D eigenvalue weighted by atomic mass is 79.9. The van der Waals surface area contributed by atoms with Crippen LogP contribution in [0.25, 0.3) is 6.08 Å². The number of rotatable bonds is 7. The molecule has 3 heterocycles. The Balaban J connectivity index is 1.66. The van der Waals surface area contributed by atoms with Gasteiger partial charge in [-0.25, -0.2) is 9.79 Å². The molecule has 196 valence electrons. The van der Waals surface area contributed by atoms with E-state index < -0.39 is 12.0 Å². The van der Waals surface area contributed by atoms with Crippen molar-refractivity contribution in [3.05, 3.63) is 94.0 Å². The van der Waals surface area contributed by atoms with Gasteiger partial charge in [-0.1, -0.05) is 30.1 Å². The van der Waals surface area contributed by atoms with Gasteiger partial charge in [0.1, 0.15) is 12.4 Å². The van der Waals surface area contributed by atoms with E-state index in [-0.39, 0.29) is 19.0 Å². The first kappa shape index (κ1) is 26.5. The number of allylic oxidation sites excluding steroid dienone is 1. The highest BCUT2D eigenvalue weighted by Crippen LogP contribution is 2.38. The summed E-state index contributed by atoms with van der Waals surface area (Å²) in [5.74, 6) is 1.28. The van der Waals surface area contributed by atoms with Crippen molar-refractivity contribution in [2.45, 2.75) is 19.9 Å². The maximum Gasteiger partial charge on any atom is 0.338 e. The van der Waals surface area contributed by atoms with E-state index in [1.165, 1.54) is 11.3 Å². The highest BCUT2D eigenvalue weighted by molar-refractivity contribution is 9.11. The number of esters is 1. The van der Waals surface area contributed by atoms with Crippen LogP contribution >= 0.6 is 43.2 Å². The number of carbonyl (C=O) groups excluding carboxylic acids is 1. The third kappa shape index (κ3) is 4.85. The van der Waals surface area contributed by atoms with Gasteiger partial charge in [0.25, 0.3) is 5.56 Å². The molecule has 0 N–H and O–H groups in total. The lowest BCUT2D eigenvalue weighted by molar-refractivity contribution is -0.139. The molecule has 0 saturated heterocycles. The molecule has 11 heteroatoms. The van der Waals surface area contributed by atoms with E-state index in [9.17, 15) is 9.59 Å². The van der Waals surface area contributed by atoms with Crippen LogP contribution < -0.4 is 29.1 Å². The van der Waals surface area contributed by atoms with Crippen LogP contribution in [0.5, 0.6) is 17.2 Å². The van der Waals surface area contributed by atoms with Crippen LogP contribution in [0.1, 0.15) is 31.0 Å². The zero-order valence-electron chi connectivity index (χ0n) is 20.5. The van der Waals surface area contributed by atoms with Crippen LogP contribution in [0.15, 0.2) is 73.0 Å². The number of halogens is 2. The van der Waals surface area contributed by atoms with Gasteiger partial charge in [0.05, 0.1) is 37.4 Å². The molecule has 2 aromatic carbocycles. The van der Waals surface area contributed by atoms with Gasteiger partial charge in [-0.3, -0.25) is 9.36 Å². The predicted molar refractivity (Wildman–Crippen MR) is 150 cm³/mol. The molecule has 0 fully saturated rings. The second kappa shape index (κ2) is 10.9. The molecular weight excluding hydrogens is 640 g/mol. The number of nitrogens with zero attached hydrogens (tertiary/aromatic N) is 2. The molecule has 5 rings (SSSR count). The molecule has 2 aliphatic rings. The smallest absolute Gasteiger partial charge is 0.338 e. The van der Waals surface area contributed by atoms with Crippen LogP contribution in [-0.4, -0.2) is 30.5 Å². The number of hydrogen-bond acceptors (Lipinski definition) is 8. The lowest BCUT2D eigenvalue weighted by Gasteiger charge is -2.24. The van der Waals surface area contributed by atoms with Crippen molar-refractivity contribution in [3.63, 3.8) is 0 Å². The Bertz CT molecular complexity index is 1650. The van der Waals surface area contributed by atoms with Gasteiger partial charge < -0.3 is 18.9 Å². The minimum absolute atomic E-state index is 0.115. The standard InChI is InChI=1S/C27H22Br2N2O6S/c1-4-8-35-24-17(28)9-15(10-18(24)29)11-21-25(32)31-23(16-6-7-19-20(12-16)37-13-36-19)22(26(33)34-5-2)14(3)30-27(31)38-21/h4,6-7,9-12,23H,1,5,8,13H2,2-3H3. The molecule has 1 unspecified atom stereocenters. The summed E-state index contributed by atoms with van der Waals surface area (Å²) in [5.41, 5.74) is 1.99. The molecule has 0 spiro atoms. The number of thiazole rings is 1. The van der Waals surface area contributed by atoms with E-state index in [0.717, 1.165) is 14.5 Å². The lowest BCUT2D eigenvalue weighted by atomic mass is 9.95. The quantitative estimate of drug-likeness (QED) is 0.271. The van der Waals surface area contributed by atoms with Gasteiger partial charge in [0, 0.05) is 0 Å². The summed E-state index contributed by atoms with van der Waals surface area (Å²) in [4.78, 5) is 32.0. The summed E-state index contributed by atoms with van der Waals surface area (Å²) in [6.07, 6.45) is 3.45. The average molecular weight is 662 g/mol. The number of ether oxygens (including phenoxy) is 4. The Labute approximate surface area is 238 Å². The Morgan fingerprint density at radius 2 is 1.97 bits per heavy atom. The first-order valence-electron chi connectivity index (χ1n) is 11.6.